The third-order valence-electron chi connectivity index (χ3n) is 3.06. The minimum atomic E-state index is -0.479. The molecule has 0 aliphatic carbocycles. The van der Waals surface area contributed by atoms with Gasteiger partial charge in [-0.1, -0.05) is 42.5 Å². The van der Waals surface area contributed by atoms with Gasteiger partial charge in [-0.25, -0.2) is 0 Å². The minimum Gasteiger partial charge on any atom is -0.497 e. The highest BCUT2D eigenvalue weighted by Gasteiger charge is 2.23. The Morgan fingerprint density at radius 3 is 1.89 bits per heavy atom. The van der Waals surface area contributed by atoms with Crippen LogP contribution in [-0.4, -0.2) is 7.11 Å². The Hall–Kier alpha value is -1.51. The van der Waals surface area contributed by atoms with Crippen molar-refractivity contribution in [2.45, 2.75) is 12.5 Å². The van der Waals surface area contributed by atoms with Crippen LogP contribution in [0.3, 0.4) is 0 Å². The molecule has 0 saturated carbocycles. The van der Waals surface area contributed by atoms with Gasteiger partial charge in [-0.2, -0.15) is 0 Å². The van der Waals surface area contributed by atoms with E-state index in [0.717, 1.165) is 16.9 Å². The van der Waals surface area contributed by atoms with Crippen molar-refractivity contribution in [2.24, 2.45) is 5.73 Å². The van der Waals surface area contributed by atoms with E-state index in [9.17, 15) is 0 Å². The molecule has 0 heterocycles. The summed E-state index contributed by atoms with van der Waals surface area (Å²) in [6, 6.07) is 18.0. The first-order chi connectivity index (χ1) is 8.14. The molecule has 0 amide bonds. The van der Waals surface area contributed by atoms with Gasteiger partial charge in [-0.15, -0.1) is 12.4 Å². The molecule has 2 aromatic carbocycles. The maximum atomic E-state index is 6.41. The Morgan fingerprint density at radius 1 is 0.889 bits per heavy atom. The number of hydrogen-bond acceptors (Lipinski definition) is 2. The molecule has 3 heteroatoms. The molecule has 0 fully saturated rings. The van der Waals surface area contributed by atoms with Crippen molar-refractivity contribution < 1.29 is 4.74 Å². The lowest BCUT2D eigenvalue weighted by Gasteiger charge is -2.26. The van der Waals surface area contributed by atoms with Crippen LogP contribution in [0.5, 0.6) is 5.75 Å². The predicted octanol–water partition coefficient (Wildman–Crippen LogP) is 3.34. The van der Waals surface area contributed by atoms with Crippen LogP contribution in [0.25, 0.3) is 0 Å². The molecule has 2 rings (SSSR count). The SMILES string of the molecule is COc1ccc(C(C)(N)c2ccccc2)cc1.Cl. The van der Waals surface area contributed by atoms with Gasteiger partial charge >= 0.3 is 0 Å². The molecule has 0 spiro atoms. The Labute approximate surface area is 114 Å². The van der Waals surface area contributed by atoms with E-state index in [1.807, 2.05) is 61.5 Å². The van der Waals surface area contributed by atoms with Crippen LogP contribution in [0, 0.1) is 0 Å². The van der Waals surface area contributed by atoms with Crippen LogP contribution in [0.15, 0.2) is 54.6 Å². The van der Waals surface area contributed by atoms with E-state index >= 15 is 0 Å². The summed E-state index contributed by atoms with van der Waals surface area (Å²) in [4.78, 5) is 0. The van der Waals surface area contributed by atoms with Crippen LogP contribution >= 0.6 is 12.4 Å². The predicted molar refractivity (Wildman–Crippen MR) is 77.3 cm³/mol. The molecule has 96 valence electrons. The van der Waals surface area contributed by atoms with E-state index in [0.29, 0.717) is 0 Å². The summed E-state index contributed by atoms with van der Waals surface area (Å²) in [6.07, 6.45) is 0. The van der Waals surface area contributed by atoms with Crippen LogP contribution in [0.1, 0.15) is 18.1 Å². The van der Waals surface area contributed by atoms with E-state index in [4.69, 9.17) is 10.5 Å². The van der Waals surface area contributed by atoms with Gasteiger partial charge in [0.05, 0.1) is 12.6 Å². The third kappa shape index (κ3) is 2.84. The van der Waals surface area contributed by atoms with Gasteiger partial charge in [0, 0.05) is 0 Å². The molecule has 0 aliphatic heterocycles. The molecule has 0 aliphatic rings. The van der Waals surface area contributed by atoms with Crippen molar-refractivity contribution >= 4 is 12.4 Å². The average Bonchev–Trinajstić information content (AvgIpc) is 2.40. The van der Waals surface area contributed by atoms with Crippen LogP contribution in [0.4, 0.5) is 0 Å². The van der Waals surface area contributed by atoms with E-state index in [-0.39, 0.29) is 12.4 Å². The zero-order chi connectivity index (χ0) is 12.3. The van der Waals surface area contributed by atoms with Crippen LogP contribution in [-0.2, 0) is 5.54 Å². The Bertz CT molecular complexity index is 480. The lowest BCUT2D eigenvalue weighted by atomic mass is 9.86. The summed E-state index contributed by atoms with van der Waals surface area (Å²) >= 11 is 0. The summed E-state index contributed by atoms with van der Waals surface area (Å²) in [7, 11) is 1.66. The van der Waals surface area contributed by atoms with Gasteiger partial charge in [-0.3, -0.25) is 0 Å². The average molecular weight is 264 g/mol. The van der Waals surface area contributed by atoms with Gasteiger partial charge < -0.3 is 10.5 Å². The first-order valence-electron chi connectivity index (χ1n) is 5.63. The Balaban J connectivity index is 0.00000162. The summed E-state index contributed by atoms with van der Waals surface area (Å²) in [5, 5.41) is 0. The zero-order valence-corrected chi connectivity index (χ0v) is 11.4. The summed E-state index contributed by atoms with van der Waals surface area (Å²) < 4.78 is 5.15. The highest BCUT2D eigenvalue weighted by molar-refractivity contribution is 5.85. The summed E-state index contributed by atoms with van der Waals surface area (Å²) in [6.45, 7) is 2.02. The first kappa shape index (κ1) is 14.6. The molecular formula is C15H18ClNO. The first-order valence-corrected chi connectivity index (χ1v) is 5.63. The molecule has 0 aromatic heterocycles. The van der Waals surface area contributed by atoms with Crippen molar-refractivity contribution in [3.8, 4) is 5.75 Å². The number of rotatable bonds is 3. The number of ether oxygens (including phenoxy) is 1. The molecule has 0 bridgehead atoms. The zero-order valence-electron chi connectivity index (χ0n) is 10.6. The molecule has 2 nitrogen and oxygen atoms in total. The number of hydrogen-bond donors (Lipinski definition) is 1. The molecule has 2 N–H and O–H groups in total. The van der Waals surface area contributed by atoms with Gasteiger partial charge in [0.25, 0.3) is 0 Å². The highest BCUT2D eigenvalue weighted by atomic mass is 35.5. The standard InChI is InChI=1S/C15H17NO.ClH/c1-15(16,12-6-4-3-5-7-12)13-8-10-14(17-2)11-9-13;/h3-11H,16H2,1-2H3;1H. The van der Waals surface area contributed by atoms with E-state index in [1.165, 1.54) is 0 Å². The van der Waals surface area contributed by atoms with Crippen molar-refractivity contribution in [3.05, 3.63) is 65.7 Å². The fourth-order valence-electron chi connectivity index (χ4n) is 1.89. The molecule has 0 saturated heterocycles. The monoisotopic (exact) mass is 263 g/mol. The van der Waals surface area contributed by atoms with E-state index in [2.05, 4.69) is 0 Å². The maximum absolute atomic E-state index is 6.41. The summed E-state index contributed by atoms with van der Waals surface area (Å²) in [5.74, 6) is 0.845. The lowest BCUT2D eigenvalue weighted by Crippen LogP contribution is -2.34. The molecule has 1 unspecified atom stereocenters. The van der Waals surface area contributed by atoms with Crippen LogP contribution in [0.2, 0.25) is 0 Å². The molecule has 2 aromatic rings. The van der Waals surface area contributed by atoms with Gasteiger partial charge in [0.15, 0.2) is 0 Å². The number of nitrogens with two attached hydrogens (primary N) is 1. The number of halogens is 1. The normalized spacial score (nSPS) is 13.3. The van der Waals surface area contributed by atoms with Gasteiger partial charge in [0.1, 0.15) is 5.75 Å². The Morgan fingerprint density at radius 2 is 1.39 bits per heavy atom. The Kier molecular flexibility index (Phi) is 4.76. The lowest BCUT2D eigenvalue weighted by molar-refractivity contribution is 0.414. The minimum absolute atomic E-state index is 0. The van der Waals surface area contributed by atoms with E-state index in [1.54, 1.807) is 7.11 Å². The van der Waals surface area contributed by atoms with Crippen molar-refractivity contribution in [1.29, 1.82) is 0 Å². The largest absolute Gasteiger partial charge is 0.497 e. The second kappa shape index (κ2) is 5.89. The van der Waals surface area contributed by atoms with Crippen LogP contribution < -0.4 is 10.5 Å². The molecule has 18 heavy (non-hydrogen) atoms. The number of benzene rings is 2. The van der Waals surface area contributed by atoms with Gasteiger partial charge in [0.2, 0.25) is 0 Å². The van der Waals surface area contributed by atoms with Crippen molar-refractivity contribution in [3.63, 3.8) is 0 Å². The molecule has 0 radical (unpaired) electrons. The maximum Gasteiger partial charge on any atom is 0.118 e. The van der Waals surface area contributed by atoms with E-state index < -0.39 is 5.54 Å². The summed E-state index contributed by atoms with van der Waals surface area (Å²) in [5.41, 5.74) is 8.11. The molecule has 1 atom stereocenters. The van der Waals surface area contributed by atoms with Gasteiger partial charge in [-0.05, 0) is 30.2 Å². The second-order valence-corrected chi connectivity index (χ2v) is 4.30. The smallest absolute Gasteiger partial charge is 0.118 e. The van der Waals surface area contributed by atoms with Crippen molar-refractivity contribution in [2.75, 3.05) is 7.11 Å². The third-order valence-corrected chi connectivity index (χ3v) is 3.06. The van der Waals surface area contributed by atoms with Crippen molar-refractivity contribution in [1.82, 2.24) is 0 Å². The molecular weight excluding hydrogens is 246 g/mol. The highest BCUT2D eigenvalue weighted by Crippen LogP contribution is 2.27. The fraction of sp³-hybridized carbons (Fsp3) is 0.200. The quantitative estimate of drug-likeness (QED) is 0.922. The second-order valence-electron chi connectivity index (χ2n) is 4.30. The number of methoxy groups -OCH3 is 1. The topological polar surface area (TPSA) is 35.2 Å². The fourth-order valence-corrected chi connectivity index (χ4v) is 1.89.